The summed E-state index contributed by atoms with van der Waals surface area (Å²) in [5.74, 6) is -0.553. The van der Waals surface area contributed by atoms with Gasteiger partial charge >= 0.3 is 12.1 Å². The van der Waals surface area contributed by atoms with Crippen LogP contribution in [-0.4, -0.2) is 29.0 Å². The average Bonchev–Trinajstić information content (AvgIpc) is 2.26. The van der Waals surface area contributed by atoms with Crippen molar-refractivity contribution in [3.63, 3.8) is 0 Å². The van der Waals surface area contributed by atoms with Gasteiger partial charge in [-0.25, -0.2) is 0 Å². The van der Waals surface area contributed by atoms with Crippen molar-refractivity contribution in [2.75, 3.05) is 0 Å². The van der Waals surface area contributed by atoms with Crippen LogP contribution in [0.1, 0.15) is 53.9 Å². The molecule has 0 saturated carbocycles. The third-order valence-electron chi connectivity index (χ3n) is 3.48. The molecule has 0 radical (unpaired) electrons. The third kappa shape index (κ3) is 4.67. The van der Waals surface area contributed by atoms with Gasteiger partial charge < -0.3 is 9.84 Å². The van der Waals surface area contributed by atoms with Crippen LogP contribution in [0, 0.1) is 5.41 Å². The molecule has 0 fully saturated rings. The smallest absolute Gasteiger partial charge is 0.417 e. The molecule has 2 unspecified atom stereocenters. The molecule has 1 N–H and O–H groups in total. The quantitative estimate of drug-likeness (QED) is 0.760. The average molecular weight is 284 g/mol. The van der Waals surface area contributed by atoms with Crippen LogP contribution in [0.3, 0.4) is 0 Å². The number of alkyl halides is 3. The SMILES string of the molecule is CCC(C)(C)C(=O)OC(C)CC(O)(CC)C(F)(F)F. The molecule has 0 aliphatic carbocycles. The molecule has 0 heterocycles. The number of hydrogen-bond acceptors (Lipinski definition) is 3. The molecule has 0 aromatic heterocycles. The molecule has 0 aromatic carbocycles. The lowest BCUT2D eigenvalue weighted by Gasteiger charge is -2.32. The number of halogens is 3. The second-order valence-corrected chi connectivity index (χ2v) is 5.54. The minimum absolute atomic E-state index is 0.477. The molecular formula is C13H23F3O3. The summed E-state index contributed by atoms with van der Waals surface area (Å²) >= 11 is 0. The van der Waals surface area contributed by atoms with Gasteiger partial charge in [-0.05, 0) is 33.6 Å². The van der Waals surface area contributed by atoms with Crippen molar-refractivity contribution in [2.45, 2.75) is 71.8 Å². The van der Waals surface area contributed by atoms with Crippen LogP contribution in [0.25, 0.3) is 0 Å². The summed E-state index contributed by atoms with van der Waals surface area (Å²) in [6, 6.07) is 0. The Bertz CT molecular complexity index is 313. The van der Waals surface area contributed by atoms with Crippen molar-refractivity contribution in [1.82, 2.24) is 0 Å². The zero-order valence-electron chi connectivity index (χ0n) is 12.1. The Morgan fingerprint density at radius 3 is 2.00 bits per heavy atom. The topological polar surface area (TPSA) is 46.5 Å². The second kappa shape index (κ2) is 6.11. The van der Waals surface area contributed by atoms with Crippen molar-refractivity contribution in [3.05, 3.63) is 0 Å². The summed E-state index contributed by atoms with van der Waals surface area (Å²) in [4.78, 5) is 11.7. The highest BCUT2D eigenvalue weighted by Gasteiger charge is 2.53. The predicted molar refractivity (Wildman–Crippen MR) is 65.5 cm³/mol. The largest absolute Gasteiger partial charge is 0.462 e. The number of rotatable bonds is 6. The van der Waals surface area contributed by atoms with Gasteiger partial charge in [-0.3, -0.25) is 4.79 Å². The van der Waals surface area contributed by atoms with Crippen LogP contribution in [0.2, 0.25) is 0 Å². The lowest BCUT2D eigenvalue weighted by molar-refractivity contribution is -0.270. The molecule has 6 heteroatoms. The summed E-state index contributed by atoms with van der Waals surface area (Å²) < 4.78 is 43.1. The molecule has 0 spiro atoms. The molecule has 19 heavy (non-hydrogen) atoms. The fraction of sp³-hybridized carbons (Fsp3) is 0.923. The minimum Gasteiger partial charge on any atom is -0.462 e. The molecule has 0 saturated heterocycles. The first-order valence-corrected chi connectivity index (χ1v) is 6.39. The molecule has 0 aliphatic rings. The Hall–Kier alpha value is -0.780. The molecule has 0 rings (SSSR count). The highest BCUT2D eigenvalue weighted by molar-refractivity contribution is 5.75. The molecule has 0 amide bonds. The number of carbonyl (C=O) groups excluding carboxylic acids is 1. The van der Waals surface area contributed by atoms with Crippen LogP contribution < -0.4 is 0 Å². The maximum Gasteiger partial charge on any atom is 0.417 e. The Kier molecular flexibility index (Phi) is 5.86. The van der Waals surface area contributed by atoms with Gasteiger partial charge in [0.1, 0.15) is 6.10 Å². The minimum atomic E-state index is -4.73. The van der Waals surface area contributed by atoms with Crippen molar-refractivity contribution in [3.8, 4) is 0 Å². The van der Waals surface area contributed by atoms with Crippen molar-refractivity contribution >= 4 is 5.97 Å². The van der Waals surface area contributed by atoms with Crippen LogP contribution in [0.5, 0.6) is 0 Å². The summed E-state index contributed by atoms with van der Waals surface area (Å²) in [5, 5.41) is 9.58. The highest BCUT2D eigenvalue weighted by Crippen LogP contribution is 2.37. The van der Waals surface area contributed by atoms with Crippen LogP contribution in [0.4, 0.5) is 13.2 Å². The second-order valence-electron chi connectivity index (χ2n) is 5.54. The van der Waals surface area contributed by atoms with E-state index >= 15 is 0 Å². The van der Waals surface area contributed by atoms with Gasteiger partial charge in [0.05, 0.1) is 5.41 Å². The first-order chi connectivity index (χ1) is 8.39. The molecule has 0 aliphatic heterocycles. The maximum absolute atomic E-state index is 12.7. The van der Waals surface area contributed by atoms with E-state index < -0.39 is 42.1 Å². The summed E-state index contributed by atoms with van der Waals surface area (Å²) in [5.41, 5.74) is -3.56. The van der Waals surface area contributed by atoms with E-state index in [0.717, 1.165) is 0 Å². The Morgan fingerprint density at radius 1 is 1.21 bits per heavy atom. The van der Waals surface area contributed by atoms with Crippen LogP contribution in [0.15, 0.2) is 0 Å². The monoisotopic (exact) mass is 284 g/mol. The standard InChI is InChI=1S/C13H23F3O3/c1-6-11(4,5)10(17)19-9(3)8-12(18,7-2)13(14,15)16/h9,18H,6-8H2,1-5H3. The van der Waals surface area contributed by atoms with E-state index in [0.29, 0.717) is 6.42 Å². The van der Waals surface area contributed by atoms with E-state index in [4.69, 9.17) is 4.74 Å². The van der Waals surface area contributed by atoms with Gasteiger partial charge in [0.15, 0.2) is 5.60 Å². The first kappa shape index (κ1) is 18.2. The van der Waals surface area contributed by atoms with E-state index in [1.807, 2.05) is 0 Å². The van der Waals surface area contributed by atoms with Gasteiger partial charge in [0, 0.05) is 6.42 Å². The van der Waals surface area contributed by atoms with Crippen molar-refractivity contribution in [1.29, 1.82) is 0 Å². The molecule has 2 atom stereocenters. The van der Waals surface area contributed by atoms with E-state index in [1.165, 1.54) is 13.8 Å². The lowest BCUT2D eigenvalue weighted by atomic mass is 9.90. The van der Waals surface area contributed by atoms with Gasteiger partial charge in [0.2, 0.25) is 0 Å². The van der Waals surface area contributed by atoms with Gasteiger partial charge in [0.25, 0.3) is 0 Å². The molecule has 0 aromatic rings. The number of carbonyl (C=O) groups is 1. The molecular weight excluding hydrogens is 261 g/mol. The van der Waals surface area contributed by atoms with Crippen LogP contribution >= 0.6 is 0 Å². The van der Waals surface area contributed by atoms with Gasteiger partial charge in [-0.15, -0.1) is 0 Å². The summed E-state index contributed by atoms with van der Waals surface area (Å²) in [6.07, 6.45) is -6.34. The number of hydrogen-bond donors (Lipinski definition) is 1. The molecule has 3 nitrogen and oxygen atoms in total. The zero-order valence-corrected chi connectivity index (χ0v) is 12.1. The van der Waals surface area contributed by atoms with Gasteiger partial charge in [-0.2, -0.15) is 13.2 Å². The first-order valence-electron chi connectivity index (χ1n) is 6.39. The van der Waals surface area contributed by atoms with E-state index in [9.17, 15) is 23.1 Å². The Morgan fingerprint density at radius 2 is 1.68 bits per heavy atom. The number of aliphatic hydroxyl groups is 1. The Labute approximate surface area is 112 Å². The maximum atomic E-state index is 12.7. The lowest BCUT2D eigenvalue weighted by Crippen LogP contribution is -2.47. The fourth-order valence-corrected chi connectivity index (χ4v) is 1.46. The zero-order chi connectivity index (χ0) is 15.5. The number of ether oxygens (including phenoxy) is 1. The predicted octanol–water partition coefficient (Wildman–Crippen LogP) is 3.45. The van der Waals surface area contributed by atoms with Crippen LogP contribution in [-0.2, 0) is 9.53 Å². The van der Waals surface area contributed by atoms with Crippen molar-refractivity contribution < 1.29 is 27.8 Å². The number of esters is 1. The summed E-state index contributed by atoms with van der Waals surface area (Å²) in [6.45, 7) is 7.73. The summed E-state index contributed by atoms with van der Waals surface area (Å²) in [7, 11) is 0. The van der Waals surface area contributed by atoms with E-state index in [1.54, 1.807) is 20.8 Å². The van der Waals surface area contributed by atoms with E-state index in [-0.39, 0.29) is 0 Å². The fourth-order valence-electron chi connectivity index (χ4n) is 1.46. The molecule has 0 bridgehead atoms. The van der Waals surface area contributed by atoms with Crippen molar-refractivity contribution in [2.24, 2.45) is 5.41 Å². The highest BCUT2D eigenvalue weighted by atomic mass is 19.4. The van der Waals surface area contributed by atoms with E-state index in [2.05, 4.69) is 0 Å². The third-order valence-corrected chi connectivity index (χ3v) is 3.48. The molecule has 114 valence electrons. The normalized spacial score (nSPS) is 17.7. The Balaban J connectivity index is 4.71. The van der Waals surface area contributed by atoms with Gasteiger partial charge in [-0.1, -0.05) is 13.8 Å².